The normalized spacial score (nSPS) is 14.1. The fraction of sp³-hybridized carbons (Fsp3) is 0.200. The first-order valence-corrected chi connectivity index (χ1v) is 10.9. The van der Waals surface area contributed by atoms with Gasteiger partial charge in [-0.25, -0.2) is 4.98 Å². The molecule has 4 aromatic rings. The van der Waals surface area contributed by atoms with Gasteiger partial charge in [0.15, 0.2) is 5.76 Å². The van der Waals surface area contributed by atoms with Crippen LogP contribution < -0.4 is 4.90 Å². The van der Waals surface area contributed by atoms with Crippen LogP contribution in [0.15, 0.2) is 50.9 Å². The van der Waals surface area contributed by atoms with Crippen molar-refractivity contribution in [2.75, 3.05) is 31.1 Å². The molecular weight excluding hydrogens is 422 g/mol. The average molecular weight is 438 g/mol. The van der Waals surface area contributed by atoms with E-state index in [-0.39, 0.29) is 17.5 Å². The molecule has 0 spiro atoms. The Bertz CT molecular complexity index is 1200. The first-order chi connectivity index (χ1) is 14.7. The number of aromatic nitrogens is 2. The number of hydrogen-bond acceptors (Lipinski definition) is 9. The molecule has 8 nitrogen and oxygen atoms in total. The van der Waals surface area contributed by atoms with E-state index < -0.39 is 0 Å². The van der Waals surface area contributed by atoms with Crippen molar-refractivity contribution in [3.05, 3.63) is 52.7 Å². The van der Waals surface area contributed by atoms with Crippen LogP contribution in [-0.2, 0) is 0 Å². The lowest BCUT2D eigenvalue weighted by Crippen LogP contribution is -2.48. The predicted molar refractivity (Wildman–Crippen MR) is 112 cm³/mol. The molecule has 1 fully saturated rings. The molecule has 0 unspecified atom stereocenters. The van der Waals surface area contributed by atoms with Gasteiger partial charge >= 0.3 is 0 Å². The Morgan fingerprint density at radius 3 is 2.77 bits per heavy atom. The lowest BCUT2D eigenvalue weighted by Gasteiger charge is -2.34. The molecular formula is C20H15N5O3S2. The molecule has 1 aliphatic heterocycles. The van der Waals surface area contributed by atoms with E-state index in [9.17, 15) is 10.1 Å². The highest BCUT2D eigenvalue weighted by molar-refractivity contribution is 7.21. The second kappa shape index (κ2) is 7.78. The van der Waals surface area contributed by atoms with E-state index in [1.807, 2.05) is 22.4 Å². The minimum atomic E-state index is -0.0238. The molecule has 10 heteroatoms. The maximum Gasteiger partial charge on any atom is 0.266 e. The summed E-state index contributed by atoms with van der Waals surface area (Å²) < 4.78 is 11.1. The van der Waals surface area contributed by atoms with Crippen molar-refractivity contribution in [3.63, 3.8) is 0 Å². The van der Waals surface area contributed by atoms with E-state index in [0.29, 0.717) is 42.7 Å². The first-order valence-electron chi connectivity index (χ1n) is 9.21. The molecule has 0 radical (unpaired) electrons. The van der Waals surface area contributed by atoms with Crippen molar-refractivity contribution in [1.29, 1.82) is 5.26 Å². The summed E-state index contributed by atoms with van der Waals surface area (Å²) in [4.78, 5) is 26.9. The molecule has 5 rings (SSSR count). The second-order valence-corrected chi connectivity index (χ2v) is 8.53. The van der Waals surface area contributed by atoms with Gasteiger partial charge in [-0.15, -0.1) is 22.7 Å². The minimum absolute atomic E-state index is 0.0238. The molecule has 1 saturated heterocycles. The van der Waals surface area contributed by atoms with Crippen LogP contribution in [0.1, 0.15) is 15.4 Å². The molecule has 1 aliphatic rings. The number of carbonyl (C=O) groups excluding carboxylic acids is 1. The zero-order valence-electron chi connectivity index (χ0n) is 15.6. The van der Waals surface area contributed by atoms with E-state index in [2.05, 4.69) is 16.0 Å². The Hall–Kier alpha value is -3.42. The predicted octanol–water partition coefficient (Wildman–Crippen LogP) is 3.95. The monoisotopic (exact) mass is 437 g/mol. The van der Waals surface area contributed by atoms with Crippen molar-refractivity contribution in [2.45, 2.75) is 0 Å². The first kappa shape index (κ1) is 18.6. The number of rotatable bonds is 4. The Morgan fingerprint density at radius 2 is 2.07 bits per heavy atom. The lowest BCUT2D eigenvalue weighted by atomic mass is 10.3. The molecule has 0 aliphatic carbocycles. The van der Waals surface area contributed by atoms with Crippen LogP contribution in [0.3, 0.4) is 0 Å². The molecule has 4 aromatic heterocycles. The van der Waals surface area contributed by atoms with Gasteiger partial charge in [-0.1, -0.05) is 6.07 Å². The van der Waals surface area contributed by atoms with Crippen LogP contribution in [0.5, 0.6) is 0 Å². The number of nitriles is 1. The number of hydrogen-bond donors (Lipinski definition) is 0. The van der Waals surface area contributed by atoms with Crippen LogP contribution in [0, 0.1) is 11.3 Å². The highest BCUT2D eigenvalue weighted by Gasteiger charge is 2.28. The quantitative estimate of drug-likeness (QED) is 0.476. The SMILES string of the molecule is N#Cc1nc(-c2ccco2)oc1N1CCN(C(=O)c2cnc(-c3cccs3)s2)CC1. The molecule has 0 saturated carbocycles. The highest BCUT2D eigenvalue weighted by atomic mass is 32.1. The Kier molecular flexibility index (Phi) is 4.82. The summed E-state index contributed by atoms with van der Waals surface area (Å²) in [5, 5.41) is 12.3. The molecule has 0 bridgehead atoms. The molecule has 0 N–H and O–H groups in total. The zero-order chi connectivity index (χ0) is 20.5. The number of nitrogens with zero attached hydrogens (tertiary/aromatic N) is 5. The fourth-order valence-electron chi connectivity index (χ4n) is 3.26. The van der Waals surface area contributed by atoms with Crippen molar-refractivity contribution in [2.24, 2.45) is 0 Å². The fourth-order valence-corrected chi connectivity index (χ4v) is 4.95. The molecule has 0 aromatic carbocycles. The summed E-state index contributed by atoms with van der Waals surface area (Å²) >= 11 is 3.02. The number of anilines is 1. The van der Waals surface area contributed by atoms with E-state index >= 15 is 0 Å². The third-order valence-corrected chi connectivity index (χ3v) is 6.77. The van der Waals surface area contributed by atoms with Crippen LogP contribution >= 0.6 is 22.7 Å². The number of thiazole rings is 1. The minimum Gasteiger partial charge on any atom is -0.459 e. The third kappa shape index (κ3) is 3.38. The van der Waals surface area contributed by atoms with Gasteiger partial charge in [0.1, 0.15) is 16.0 Å². The largest absolute Gasteiger partial charge is 0.459 e. The maximum atomic E-state index is 12.9. The third-order valence-electron chi connectivity index (χ3n) is 4.75. The van der Waals surface area contributed by atoms with E-state index in [4.69, 9.17) is 8.83 Å². The topological polar surface area (TPSA) is 99.4 Å². The number of thiophene rings is 1. The summed E-state index contributed by atoms with van der Waals surface area (Å²) in [5.41, 5.74) is 0.212. The van der Waals surface area contributed by atoms with Gasteiger partial charge < -0.3 is 18.6 Å². The summed E-state index contributed by atoms with van der Waals surface area (Å²) in [7, 11) is 0. The van der Waals surface area contributed by atoms with Crippen LogP contribution in [0.25, 0.3) is 21.5 Å². The zero-order valence-corrected chi connectivity index (χ0v) is 17.3. The molecule has 30 heavy (non-hydrogen) atoms. The van der Waals surface area contributed by atoms with Crippen LogP contribution in [-0.4, -0.2) is 47.0 Å². The van der Waals surface area contributed by atoms with Crippen molar-refractivity contribution < 1.29 is 13.6 Å². The summed E-state index contributed by atoms with van der Waals surface area (Å²) in [6.07, 6.45) is 3.17. The standard InChI is InChI=1S/C20H15N5O3S2/c21-11-13-20(28-17(23-13)14-3-1-9-27-14)25-7-5-24(6-8-25)19(26)16-12-22-18(30-16)15-4-2-10-29-15/h1-4,9-10,12H,5-8H2. The summed E-state index contributed by atoms with van der Waals surface area (Å²) in [6.45, 7) is 2.13. The summed E-state index contributed by atoms with van der Waals surface area (Å²) in [5.74, 6) is 1.13. The number of oxazole rings is 1. The maximum absolute atomic E-state index is 12.9. The van der Waals surface area contributed by atoms with Crippen molar-refractivity contribution >= 4 is 34.5 Å². The van der Waals surface area contributed by atoms with Gasteiger partial charge in [-0.2, -0.15) is 10.2 Å². The van der Waals surface area contributed by atoms with Gasteiger partial charge in [0.2, 0.25) is 11.6 Å². The molecule has 0 atom stereocenters. The van der Waals surface area contributed by atoms with Gasteiger partial charge in [0, 0.05) is 26.2 Å². The number of amides is 1. The number of piperazine rings is 1. The molecule has 5 heterocycles. The van der Waals surface area contributed by atoms with E-state index in [1.165, 1.54) is 17.6 Å². The van der Waals surface area contributed by atoms with Crippen LogP contribution in [0.2, 0.25) is 0 Å². The number of carbonyl (C=O) groups is 1. The molecule has 150 valence electrons. The van der Waals surface area contributed by atoms with Gasteiger partial charge in [0.05, 0.1) is 17.3 Å². The number of furan rings is 1. The second-order valence-electron chi connectivity index (χ2n) is 6.55. The van der Waals surface area contributed by atoms with Gasteiger partial charge in [-0.05, 0) is 23.6 Å². The smallest absolute Gasteiger partial charge is 0.266 e. The highest BCUT2D eigenvalue weighted by Crippen LogP contribution is 2.31. The van der Waals surface area contributed by atoms with E-state index in [0.717, 1.165) is 9.88 Å². The summed E-state index contributed by atoms with van der Waals surface area (Å²) in [6, 6.07) is 9.51. The van der Waals surface area contributed by atoms with Gasteiger partial charge in [-0.3, -0.25) is 4.79 Å². The average Bonchev–Trinajstić information content (AvgIpc) is 3.58. The Balaban J connectivity index is 1.28. The lowest BCUT2D eigenvalue weighted by molar-refractivity contribution is 0.0750. The van der Waals surface area contributed by atoms with Crippen molar-refractivity contribution in [1.82, 2.24) is 14.9 Å². The van der Waals surface area contributed by atoms with Crippen LogP contribution in [0.4, 0.5) is 5.88 Å². The van der Waals surface area contributed by atoms with E-state index in [1.54, 1.807) is 34.6 Å². The Morgan fingerprint density at radius 1 is 1.20 bits per heavy atom. The van der Waals surface area contributed by atoms with Crippen molar-refractivity contribution in [3.8, 4) is 27.6 Å². The Labute approximate surface area is 179 Å². The molecule has 1 amide bonds. The van der Waals surface area contributed by atoms with Gasteiger partial charge in [0.25, 0.3) is 11.8 Å².